The van der Waals surface area contributed by atoms with Crippen LogP contribution >= 0.6 is 0 Å². The van der Waals surface area contributed by atoms with Gasteiger partial charge in [0.25, 0.3) is 0 Å². The third kappa shape index (κ3) is 3.06. The number of nitrogens with zero attached hydrogens (tertiary/aromatic N) is 3. The number of aliphatic hydroxyl groups is 1. The maximum atomic E-state index is 9.76. The van der Waals surface area contributed by atoms with Gasteiger partial charge >= 0.3 is 0 Å². The van der Waals surface area contributed by atoms with E-state index in [1.807, 2.05) is 32.6 Å². The van der Waals surface area contributed by atoms with Crippen LogP contribution in [0.2, 0.25) is 0 Å². The van der Waals surface area contributed by atoms with E-state index in [4.69, 9.17) is 0 Å². The second-order valence-corrected chi connectivity index (χ2v) is 5.33. The van der Waals surface area contributed by atoms with Crippen LogP contribution in [0.25, 0.3) is 0 Å². The summed E-state index contributed by atoms with van der Waals surface area (Å²) in [5, 5.41) is 9.76. The molecule has 0 amide bonds. The highest BCUT2D eigenvalue weighted by Gasteiger charge is 2.24. The van der Waals surface area contributed by atoms with E-state index in [0.29, 0.717) is 6.04 Å². The Morgan fingerprint density at radius 1 is 1.38 bits per heavy atom. The van der Waals surface area contributed by atoms with Gasteiger partial charge in [-0.25, -0.2) is 4.98 Å². The molecule has 1 N–H and O–H groups in total. The molecule has 0 aliphatic carbocycles. The number of β-amino-alcohol motifs (C(OH)–C–C–N with tert-alkyl or cyclic N) is 1. The zero-order valence-corrected chi connectivity index (χ0v) is 10.1. The molecular formula is C12H21N3O. The van der Waals surface area contributed by atoms with Gasteiger partial charge in [-0.15, -0.1) is 0 Å². The highest BCUT2D eigenvalue weighted by molar-refractivity contribution is 4.85. The highest BCUT2D eigenvalue weighted by Crippen LogP contribution is 2.22. The topological polar surface area (TPSA) is 41.3 Å². The van der Waals surface area contributed by atoms with Crippen molar-refractivity contribution >= 4 is 0 Å². The minimum absolute atomic E-state index is 0.582. The summed E-state index contributed by atoms with van der Waals surface area (Å²) in [7, 11) is 0. The number of aromatic nitrogens is 2. The lowest BCUT2D eigenvalue weighted by Gasteiger charge is -2.35. The molecule has 4 nitrogen and oxygen atoms in total. The van der Waals surface area contributed by atoms with E-state index in [1.165, 1.54) is 0 Å². The molecule has 0 aromatic carbocycles. The van der Waals surface area contributed by atoms with E-state index in [1.54, 1.807) is 0 Å². The summed E-state index contributed by atoms with van der Waals surface area (Å²) in [5.74, 6) is 0. The number of hydrogen-bond acceptors (Lipinski definition) is 3. The molecule has 0 saturated carbocycles. The first kappa shape index (κ1) is 11.6. The lowest BCUT2D eigenvalue weighted by atomic mass is 10.0. The van der Waals surface area contributed by atoms with Gasteiger partial charge in [-0.3, -0.25) is 0 Å². The molecule has 4 heteroatoms. The smallest absolute Gasteiger partial charge is 0.0948 e. The van der Waals surface area contributed by atoms with Gasteiger partial charge in [0.15, 0.2) is 0 Å². The SMILES string of the molecule is CC(C)(O)CN1CCC(n2ccnc2)CC1. The van der Waals surface area contributed by atoms with Crippen molar-refractivity contribution in [1.29, 1.82) is 0 Å². The summed E-state index contributed by atoms with van der Waals surface area (Å²) in [5.41, 5.74) is -0.582. The number of likely N-dealkylation sites (tertiary alicyclic amines) is 1. The van der Waals surface area contributed by atoms with Gasteiger partial charge < -0.3 is 14.6 Å². The van der Waals surface area contributed by atoms with Crippen molar-refractivity contribution < 1.29 is 5.11 Å². The summed E-state index contributed by atoms with van der Waals surface area (Å²) in [6, 6.07) is 0.584. The second-order valence-electron chi connectivity index (χ2n) is 5.33. The Labute approximate surface area is 96.9 Å². The van der Waals surface area contributed by atoms with Crippen molar-refractivity contribution in [3.63, 3.8) is 0 Å². The van der Waals surface area contributed by atoms with Crippen LogP contribution in [0, 0.1) is 0 Å². The van der Waals surface area contributed by atoms with Crippen LogP contribution in [-0.4, -0.2) is 44.8 Å². The van der Waals surface area contributed by atoms with Crippen molar-refractivity contribution in [2.24, 2.45) is 0 Å². The predicted molar refractivity (Wildman–Crippen MR) is 63.2 cm³/mol. The molecule has 2 rings (SSSR count). The van der Waals surface area contributed by atoms with Crippen molar-refractivity contribution in [1.82, 2.24) is 14.5 Å². The Bertz CT molecular complexity index is 308. The summed E-state index contributed by atoms with van der Waals surface area (Å²) in [6.45, 7) is 6.63. The average Bonchev–Trinajstić information content (AvgIpc) is 2.69. The zero-order valence-electron chi connectivity index (χ0n) is 10.1. The third-order valence-corrected chi connectivity index (χ3v) is 3.11. The molecule has 1 fully saturated rings. The minimum atomic E-state index is -0.582. The first-order valence-electron chi connectivity index (χ1n) is 5.97. The van der Waals surface area contributed by atoms with Crippen LogP contribution in [-0.2, 0) is 0 Å². The first-order chi connectivity index (χ1) is 7.54. The largest absolute Gasteiger partial charge is 0.389 e. The molecule has 0 atom stereocenters. The molecule has 0 unspecified atom stereocenters. The monoisotopic (exact) mass is 223 g/mol. The standard InChI is InChI=1S/C12H21N3O/c1-12(2,16)9-14-6-3-11(4-7-14)15-8-5-13-10-15/h5,8,10-11,16H,3-4,6-7,9H2,1-2H3. The van der Waals surface area contributed by atoms with E-state index >= 15 is 0 Å². The second kappa shape index (κ2) is 4.55. The number of rotatable bonds is 3. The van der Waals surface area contributed by atoms with Gasteiger partial charge in [-0.2, -0.15) is 0 Å². The highest BCUT2D eigenvalue weighted by atomic mass is 16.3. The van der Waals surface area contributed by atoms with E-state index in [2.05, 4.69) is 14.5 Å². The maximum absolute atomic E-state index is 9.76. The maximum Gasteiger partial charge on any atom is 0.0948 e. The van der Waals surface area contributed by atoms with Crippen LogP contribution in [0.3, 0.4) is 0 Å². The van der Waals surface area contributed by atoms with Crippen molar-refractivity contribution in [3.8, 4) is 0 Å². The molecule has 90 valence electrons. The first-order valence-corrected chi connectivity index (χ1v) is 5.97. The van der Waals surface area contributed by atoms with Gasteiger partial charge in [0.1, 0.15) is 0 Å². The third-order valence-electron chi connectivity index (χ3n) is 3.11. The lowest BCUT2D eigenvalue weighted by Crippen LogP contribution is -2.43. The summed E-state index contributed by atoms with van der Waals surface area (Å²) in [4.78, 5) is 6.43. The van der Waals surface area contributed by atoms with Crippen molar-refractivity contribution in [2.75, 3.05) is 19.6 Å². The van der Waals surface area contributed by atoms with Crippen molar-refractivity contribution in [3.05, 3.63) is 18.7 Å². The Balaban J connectivity index is 1.83. The van der Waals surface area contributed by atoms with Crippen LogP contribution in [0.4, 0.5) is 0 Å². The van der Waals surface area contributed by atoms with Crippen LogP contribution < -0.4 is 0 Å². The zero-order chi connectivity index (χ0) is 11.6. The van der Waals surface area contributed by atoms with E-state index in [-0.39, 0.29) is 0 Å². The minimum Gasteiger partial charge on any atom is -0.389 e. The molecule has 1 saturated heterocycles. The van der Waals surface area contributed by atoms with Gasteiger partial charge in [0, 0.05) is 38.1 Å². The van der Waals surface area contributed by atoms with Gasteiger partial charge in [0.05, 0.1) is 11.9 Å². The van der Waals surface area contributed by atoms with E-state index < -0.39 is 5.60 Å². The quantitative estimate of drug-likeness (QED) is 0.839. The molecule has 0 bridgehead atoms. The van der Waals surface area contributed by atoms with Gasteiger partial charge in [0.2, 0.25) is 0 Å². The Morgan fingerprint density at radius 2 is 2.06 bits per heavy atom. The Morgan fingerprint density at radius 3 is 2.56 bits per heavy atom. The predicted octanol–water partition coefficient (Wildman–Crippen LogP) is 1.29. The lowest BCUT2D eigenvalue weighted by molar-refractivity contribution is 0.0252. The van der Waals surface area contributed by atoms with Crippen molar-refractivity contribution in [2.45, 2.75) is 38.3 Å². The van der Waals surface area contributed by atoms with Gasteiger partial charge in [-0.1, -0.05) is 0 Å². The van der Waals surface area contributed by atoms with Gasteiger partial charge in [-0.05, 0) is 26.7 Å². The average molecular weight is 223 g/mol. The molecule has 1 aliphatic rings. The number of imidazole rings is 1. The molecule has 1 aliphatic heterocycles. The molecule has 1 aromatic heterocycles. The fraction of sp³-hybridized carbons (Fsp3) is 0.750. The Kier molecular flexibility index (Phi) is 3.30. The van der Waals surface area contributed by atoms with E-state index in [0.717, 1.165) is 32.5 Å². The number of hydrogen-bond donors (Lipinski definition) is 1. The fourth-order valence-electron chi connectivity index (χ4n) is 2.41. The molecule has 0 radical (unpaired) electrons. The van der Waals surface area contributed by atoms with E-state index in [9.17, 15) is 5.11 Å². The summed E-state index contributed by atoms with van der Waals surface area (Å²) in [6.07, 6.45) is 8.06. The molecule has 16 heavy (non-hydrogen) atoms. The molecule has 1 aromatic rings. The van der Waals surface area contributed by atoms with Crippen LogP contribution in [0.5, 0.6) is 0 Å². The Hall–Kier alpha value is -0.870. The normalized spacial score (nSPS) is 20.2. The molecular weight excluding hydrogens is 202 g/mol. The fourth-order valence-corrected chi connectivity index (χ4v) is 2.41. The molecule has 0 spiro atoms. The molecule has 2 heterocycles. The summed E-state index contributed by atoms with van der Waals surface area (Å²) < 4.78 is 2.20. The summed E-state index contributed by atoms with van der Waals surface area (Å²) >= 11 is 0. The van der Waals surface area contributed by atoms with Crippen LogP contribution in [0.15, 0.2) is 18.7 Å². The van der Waals surface area contributed by atoms with Crippen LogP contribution in [0.1, 0.15) is 32.7 Å². The number of piperidine rings is 1.